The van der Waals surface area contributed by atoms with Crippen LogP contribution >= 0.6 is 15.9 Å². The zero-order valence-corrected chi connectivity index (χ0v) is 16.6. The van der Waals surface area contributed by atoms with E-state index in [1.807, 2.05) is 48.5 Å². The number of carbonyl (C=O) groups excluding carboxylic acids is 1. The molecule has 1 amide bonds. The molecule has 1 aliphatic heterocycles. The van der Waals surface area contributed by atoms with Crippen LogP contribution in [0.2, 0.25) is 0 Å². The third-order valence-electron chi connectivity index (χ3n) is 5.04. The van der Waals surface area contributed by atoms with E-state index in [0.717, 1.165) is 21.2 Å². The van der Waals surface area contributed by atoms with Gasteiger partial charge in [-0.2, -0.15) is 0 Å². The number of hydrogen-bond acceptors (Lipinski definition) is 3. The minimum Gasteiger partial charge on any atom is -0.381 e. The first-order valence-corrected chi connectivity index (χ1v) is 9.63. The second-order valence-corrected chi connectivity index (χ2v) is 7.50. The maximum Gasteiger partial charge on any atom is 0.231 e. The van der Waals surface area contributed by atoms with E-state index in [-0.39, 0.29) is 5.91 Å². The predicted octanol–water partition coefficient (Wildman–Crippen LogP) is 3.96. The second kappa shape index (κ2) is 8.80. The first-order chi connectivity index (χ1) is 12.7. The lowest BCUT2D eigenvalue weighted by Gasteiger charge is -2.36. The molecular weight excluding hydrogens is 394 g/mol. The molecular formula is C21H24BrNO3. The number of carbonyl (C=O) groups is 1. The maximum absolute atomic E-state index is 13.2. The van der Waals surface area contributed by atoms with Crippen molar-refractivity contribution in [2.24, 2.45) is 0 Å². The van der Waals surface area contributed by atoms with E-state index in [4.69, 9.17) is 9.47 Å². The van der Waals surface area contributed by atoms with Crippen LogP contribution in [0.25, 0.3) is 0 Å². The molecule has 4 nitrogen and oxygen atoms in total. The summed E-state index contributed by atoms with van der Waals surface area (Å²) in [5.74, 6) is 0.0651. The highest BCUT2D eigenvalue weighted by molar-refractivity contribution is 9.10. The Morgan fingerprint density at radius 3 is 2.42 bits per heavy atom. The van der Waals surface area contributed by atoms with Crippen LogP contribution < -0.4 is 5.32 Å². The van der Waals surface area contributed by atoms with Gasteiger partial charge in [0.1, 0.15) is 0 Å². The Morgan fingerprint density at radius 1 is 1.12 bits per heavy atom. The van der Waals surface area contributed by atoms with Crippen molar-refractivity contribution >= 4 is 21.8 Å². The maximum atomic E-state index is 13.2. The van der Waals surface area contributed by atoms with Gasteiger partial charge < -0.3 is 14.8 Å². The predicted molar refractivity (Wildman–Crippen MR) is 105 cm³/mol. The van der Waals surface area contributed by atoms with Gasteiger partial charge >= 0.3 is 0 Å². The molecule has 1 saturated heterocycles. The van der Waals surface area contributed by atoms with Crippen LogP contribution in [0.3, 0.4) is 0 Å². The van der Waals surface area contributed by atoms with Gasteiger partial charge in [-0.05, 0) is 41.7 Å². The van der Waals surface area contributed by atoms with Gasteiger partial charge in [-0.3, -0.25) is 4.79 Å². The molecule has 0 spiro atoms. The van der Waals surface area contributed by atoms with E-state index in [1.54, 1.807) is 7.11 Å². The molecule has 2 aromatic carbocycles. The van der Waals surface area contributed by atoms with Crippen LogP contribution in [-0.2, 0) is 32.8 Å². The Bertz CT molecular complexity index is 739. The molecule has 1 heterocycles. The number of amides is 1. The quantitative estimate of drug-likeness (QED) is 0.773. The minimum atomic E-state index is -0.533. The number of nitrogens with one attached hydrogen (secondary N) is 1. The Balaban J connectivity index is 1.80. The largest absolute Gasteiger partial charge is 0.381 e. The highest BCUT2D eigenvalue weighted by Crippen LogP contribution is 2.36. The zero-order chi connectivity index (χ0) is 18.4. The van der Waals surface area contributed by atoms with Crippen LogP contribution in [0.15, 0.2) is 53.0 Å². The van der Waals surface area contributed by atoms with Gasteiger partial charge in [0.15, 0.2) is 0 Å². The van der Waals surface area contributed by atoms with Crippen molar-refractivity contribution in [3.8, 4) is 0 Å². The molecule has 0 unspecified atom stereocenters. The third-order valence-corrected chi connectivity index (χ3v) is 5.56. The van der Waals surface area contributed by atoms with Crippen molar-refractivity contribution < 1.29 is 14.3 Å². The average molecular weight is 418 g/mol. The van der Waals surface area contributed by atoms with E-state index in [1.165, 1.54) is 0 Å². The van der Waals surface area contributed by atoms with Crippen molar-refractivity contribution in [3.63, 3.8) is 0 Å². The molecule has 138 valence electrons. The molecule has 1 aliphatic rings. The summed E-state index contributed by atoms with van der Waals surface area (Å²) in [4.78, 5) is 13.2. The Morgan fingerprint density at radius 2 is 1.77 bits per heavy atom. The lowest BCUT2D eigenvalue weighted by Crippen LogP contribution is -2.47. The summed E-state index contributed by atoms with van der Waals surface area (Å²) in [6.07, 6.45) is 1.39. The van der Waals surface area contributed by atoms with Crippen molar-refractivity contribution in [1.82, 2.24) is 5.32 Å². The van der Waals surface area contributed by atoms with Gasteiger partial charge in [0.25, 0.3) is 0 Å². The van der Waals surface area contributed by atoms with Crippen LogP contribution in [0.1, 0.15) is 29.5 Å². The smallest absolute Gasteiger partial charge is 0.231 e. The summed E-state index contributed by atoms with van der Waals surface area (Å²) >= 11 is 3.47. The number of methoxy groups -OCH3 is 1. The lowest BCUT2D eigenvalue weighted by molar-refractivity contribution is -0.130. The fraction of sp³-hybridized carbons (Fsp3) is 0.381. The van der Waals surface area contributed by atoms with Gasteiger partial charge in [-0.25, -0.2) is 0 Å². The minimum absolute atomic E-state index is 0.0651. The SMILES string of the molecule is COCc1ccccc1CNC(=O)C1(c2ccc(Br)cc2)CCOCC1. The van der Waals surface area contributed by atoms with Crippen molar-refractivity contribution in [2.75, 3.05) is 20.3 Å². The lowest BCUT2D eigenvalue weighted by atomic mass is 9.73. The van der Waals surface area contributed by atoms with E-state index in [2.05, 4.69) is 21.2 Å². The summed E-state index contributed by atoms with van der Waals surface area (Å²) in [5, 5.41) is 3.16. The molecule has 1 fully saturated rings. The van der Waals surface area contributed by atoms with Crippen LogP contribution in [0.4, 0.5) is 0 Å². The first-order valence-electron chi connectivity index (χ1n) is 8.83. The number of ether oxygens (including phenoxy) is 2. The molecule has 0 aromatic heterocycles. The molecule has 26 heavy (non-hydrogen) atoms. The fourth-order valence-electron chi connectivity index (χ4n) is 3.51. The van der Waals surface area contributed by atoms with Gasteiger partial charge in [-0.15, -0.1) is 0 Å². The summed E-state index contributed by atoms with van der Waals surface area (Å²) in [6, 6.07) is 16.1. The van der Waals surface area contributed by atoms with Crippen LogP contribution in [0, 0.1) is 0 Å². The Labute approximate surface area is 163 Å². The molecule has 0 aliphatic carbocycles. The number of rotatable bonds is 6. The third kappa shape index (κ3) is 4.17. The van der Waals surface area contributed by atoms with Gasteiger partial charge in [0.05, 0.1) is 12.0 Å². The average Bonchev–Trinajstić information content (AvgIpc) is 2.68. The number of halogens is 1. The summed E-state index contributed by atoms with van der Waals surface area (Å²) < 4.78 is 11.8. The van der Waals surface area contributed by atoms with E-state index in [0.29, 0.717) is 39.2 Å². The van der Waals surface area contributed by atoms with Gasteiger partial charge in [0.2, 0.25) is 5.91 Å². The van der Waals surface area contributed by atoms with Crippen LogP contribution in [-0.4, -0.2) is 26.2 Å². The van der Waals surface area contributed by atoms with Crippen molar-refractivity contribution in [3.05, 3.63) is 69.7 Å². The van der Waals surface area contributed by atoms with Crippen LogP contribution in [0.5, 0.6) is 0 Å². The first kappa shape index (κ1) is 19.1. The Hall–Kier alpha value is -1.69. The normalized spacial score (nSPS) is 16.2. The van der Waals surface area contributed by atoms with E-state index >= 15 is 0 Å². The molecule has 0 radical (unpaired) electrons. The molecule has 1 N–H and O–H groups in total. The van der Waals surface area contributed by atoms with E-state index in [9.17, 15) is 4.79 Å². The molecule has 5 heteroatoms. The van der Waals surface area contributed by atoms with Crippen molar-refractivity contribution in [1.29, 1.82) is 0 Å². The number of hydrogen-bond donors (Lipinski definition) is 1. The van der Waals surface area contributed by atoms with Crippen molar-refractivity contribution in [2.45, 2.75) is 31.4 Å². The standard InChI is InChI=1S/C21H24BrNO3/c1-25-15-17-5-3-2-4-16(17)14-23-20(24)21(10-12-26-13-11-21)18-6-8-19(22)9-7-18/h2-9H,10-15H2,1H3,(H,23,24). The zero-order valence-electron chi connectivity index (χ0n) is 15.0. The van der Waals surface area contributed by atoms with Gasteiger partial charge in [-0.1, -0.05) is 52.3 Å². The molecule has 0 saturated carbocycles. The monoisotopic (exact) mass is 417 g/mol. The highest BCUT2D eigenvalue weighted by Gasteiger charge is 2.41. The van der Waals surface area contributed by atoms with Gasteiger partial charge in [0, 0.05) is 31.3 Å². The summed E-state index contributed by atoms with van der Waals surface area (Å²) in [6.45, 7) is 2.24. The topological polar surface area (TPSA) is 47.6 Å². The number of benzene rings is 2. The highest BCUT2D eigenvalue weighted by atomic mass is 79.9. The summed E-state index contributed by atoms with van der Waals surface area (Å²) in [5.41, 5.74) is 2.70. The second-order valence-electron chi connectivity index (χ2n) is 6.59. The molecule has 0 bridgehead atoms. The van der Waals surface area contributed by atoms with E-state index < -0.39 is 5.41 Å². The fourth-order valence-corrected chi connectivity index (χ4v) is 3.77. The summed E-state index contributed by atoms with van der Waals surface area (Å²) in [7, 11) is 1.68. The molecule has 2 aromatic rings. The Kier molecular flexibility index (Phi) is 6.46. The molecule has 3 rings (SSSR count). The molecule has 0 atom stereocenters.